The molecule has 0 radical (unpaired) electrons. The smallest absolute Gasteiger partial charge is 0.129 e. The molecule has 0 saturated heterocycles. The Bertz CT molecular complexity index is 503. The van der Waals surface area contributed by atoms with Crippen molar-refractivity contribution in [3.05, 3.63) is 59.1 Å². The summed E-state index contributed by atoms with van der Waals surface area (Å²) in [6, 6.07) is 3.67. The topological polar surface area (TPSA) is 22.1 Å². The average Bonchev–Trinajstić information content (AvgIpc) is 2.29. The average molecular weight is 264 g/mol. The van der Waals surface area contributed by atoms with Gasteiger partial charge in [0.15, 0.2) is 0 Å². The van der Waals surface area contributed by atoms with Crippen LogP contribution in [0.25, 0.3) is 5.57 Å². The summed E-state index contributed by atoms with van der Waals surface area (Å²) in [6.07, 6.45) is 1.94. The molecule has 3 heteroatoms. The molecule has 0 spiro atoms. The fourth-order valence-electron chi connectivity index (χ4n) is 1.75. The van der Waals surface area contributed by atoms with E-state index in [0.29, 0.717) is 17.5 Å². The summed E-state index contributed by atoms with van der Waals surface area (Å²) >= 11 is 5.85. The number of ether oxygens (including phenoxy) is 1. The minimum Gasteiger partial charge on any atom is -0.494 e. The van der Waals surface area contributed by atoms with Crippen LogP contribution in [0.15, 0.2) is 42.7 Å². The third-order valence-electron chi connectivity index (χ3n) is 2.61. The van der Waals surface area contributed by atoms with Crippen molar-refractivity contribution in [2.45, 2.75) is 20.8 Å². The van der Waals surface area contributed by atoms with Gasteiger partial charge in [0.2, 0.25) is 0 Å². The number of hydrogen-bond donors (Lipinski definition) is 0. The lowest BCUT2D eigenvalue weighted by Crippen LogP contribution is -1.99. The second kappa shape index (κ2) is 6.41. The number of aryl methyl sites for hydroxylation is 1. The predicted octanol–water partition coefficient (Wildman–Crippen LogP) is 4.55. The van der Waals surface area contributed by atoms with E-state index >= 15 is 0 Å². The Morgan fingerprint density at radius 1 is 1.44 bits per heavy atom. The third-order valence-corrected chi connectivity index (χ3v) is 2.82. The van der Waals surface area contributed by atoms with Gasteiger partial charge in [-0.25, -0.2) is 4.98 Å². The molecule has 1 heterocycles. The van der Waals surface area contributed by atoms with Crippen LogP contribution in [0.1, 0.15) is 25.1 Å². The van der Waals surface area contributed by atoms with Crippen LogP contribution in [0.2, 0.25) is 5.15 Å². The quantitative estimate of drug-likeness (QED) is 0.442. The first kappa shape index (κ1) is 14.5. The molecular formula is C15H18ClNO. The van der Waals surface area contributed by atoms with E-state index in [-0.39, 0.29) is 0 Å². The molecule has 0 aromatic carbocycles. The lowest BCUT2D eigenvalue weighted by molar-refractivity contribution is 0.241. The van der Waals surface area contributed by atoms with Crippen LogP contribution in [0, 0.1) is 6.92 Å². The zero-order valence-corrected chi connectivity index (χ0v) is 11.8. The van der Waals surface area contributed by atoms with Crippen LogP contribution < -0.4 is 0 Å². The second-order valence-corrected chi connectivity index (χ2v) is 4.19. The number of allylic oxidation sites excluding steroid dienone is 2. The maximum atomic E-state index is 5.85. The first-order chi connectivity index (χ1) is 8.51. The highest BCUT2D eigenvalue weighted by Gasteiger charge is 2.12. The van der Waals surface area contributed by atoms with E-state index in [2.05, 4.69) is 18.1 Å². The molecular weight excluding hydrogens is 246 g/mol. The molecule has 18 heavy (non-hydrogen) atoms. The van der Waals surface area contributed by atoms with Gasteiger partial charge in [-0.15, -0.1) is 0 Å². The van der Waals surface area contributed by atoms with Crippen LogP contribution in [-0.2, 0) is 4.74 Å². The Kier molecular flexibility index (Phi) is 5.17. The monoisotopic (exact) mass is 263 g/mol. The van der Waals surface area contributed by atoms with Crippen molar-refractivity contribution in [2.24, 2.45) is 0 Å². The van der Waals surface area contributed by atoms with Crippen molar-refractivity contribution in [2.75, 3.05) is 6.61 Å². The van der Waals surface area contributed by atoms with E-state index in [1.807, 2.05) is 32.9 Å². The van der Waals surface area contributed by atoms with Crippen LogP contribution in [0.3, 0.4) is 0 Å². The van der Waals surface area contributed by atoms with Crippen molar-refractivity contribution in [3.8, 4) is 0 Å². The summed E-state index contributed by atoms with van der Waals surface area (Å²) in [6.45, 7) is 14.4. The highest BCUT2D eigenvalue weighted by molar-refractivity contribution is 6.29. The summed E-state index contributed by atoms with van der Waals surface area (Å²) in [5.74, 6) is 0.624. The molecule has 0 fully saturated rings. The van der Waals surface area contributed by atoms with Crippen LogP contribution in [-0.4, -0.2) is 11.6 Å². The van der Waals surface area contributed by atoms with Gasteiger partial charge in [0.25, 0.3) is 0 Å². The van der Waals surface area contributed by atoms with Crippen molar-refractivity contribution in [1.29, 1.82) is 0 Å². The SMILES string of the molecule is C=C(OCC)/C(=C/C)C(=C)c1ccc(Cl)nc1C. The Morgan fingerprint density at radius 3 is 2.61 bits per heavy atom. The molecule has 1 aromatic heterocycles. The van der Waals surface area contributed by atoms with E-state index in [1.54, 1.807) is 6.07 Å². The normalized spacial score (nSPS) is 11.2. The number of aromatic nitrogens is 1. The fraction of sp³-hybridized carbons (Fsp3) is 0.267. The summed E-state index contributed by atoms with van der Waals surface area (Å²) in [5, 5.41) is 0.481. The maximum absolute atomic E-state index is 5.85. The Balaban J connectivity index is 3.09. The molecule has 2 nitrogen and oxygen atoms in total. The Morgan fingerprint density at radius 2 is 2.11 bits per heavy atom. The molecule has 0 atom stereocenters. The first-order valence-electron chi connectivity index (χ1n) is 5.82. The number of hydrogen-bond acceptors (Lipinski definition) is 2. The van der Waals surface area contributed by atoms with Crippen LogP contribution in [0.5, 0.6) is 0 Å². The lowest BCUT2D eigenvalue weighted by Gasteiger charge is -2.15. The zero-order valence-electron chi connectivity index (χ0n) is 11.1. The highest BCUT2D eigenvalue weighted by atomic mass is 35.5. The Hall–Kier alpha value is -1.54. The molecule has 0 aliphatic rings. The minimum absolute atomic E-state index is 0.481. The molecule has 0 aliphatic heterocycles. The molecule has 1 aromatic rings. The van der Waals surface area contributed by atoms with E-state index in [1.165, 1.54) is 0 Å². The molecule has 0 aliphatic carbocycles. The Labute approximate surface area is 114 Å². The van der Waals surface area contributed by atoms with Gasteiger partial charge in [-0.1, -0.05) is 30.8 Å². The van der Waals surface area contributed by atoms with E-state index in [0.717, 1.165) is 22.4 Å². The van der Waals surface area contributed by atoms with Crippen molar-refractivity contribution >= 4 is 17.2 Å². The van der Waals surface area contributed by atoms with Crippen molar-refractivity contribution < 1.29 is 4.74 Å². The van der Waals surface area contributed by atoms with Gasteiger partial charge in [0.1, 0.15) is 10.9 Å². The van der Waals surface area contributed by atoms with Gasteiger partial charge in [-0.3, -0.25) is 0 Å². The van der Waals surface area contributed by atoms with E-state index < -0.39 is 0 Å². The molecule has 0 bridgehead atoms. The van der Waals surface area contributed by atoms with E-state index in [9.17, 15) is 0 Å². The molecule has 96 valence electrons. The maximum Gasteiger partial charge on any atom is 0.129 e. The van der Waals surface area contributed by atoms with Crippen LogP contribution in [0.4, 0.5) is 0 Å². The van der Waals surface area contributed by atoms with Gasteiger partial charge in [0, 0.05) is 16.8 Å². The molecule has 0 amide bonds. The van der Waals surface area contributed by atoms with Gasteiger partial charge in [-0.2, -0.15) is 0 Å². The largest absolute Gasteiger partial charge is 0.494 e. The molecule has 0 saturated carbocycles. The first-order valence-corrected chi connectivity index (χ1v) is 6.20. The second-order valence-electron chi connectivity index (χ2n) is 3.80. The number of pyridine rings is 1. The molecule has 0 unspecified atom stereocenters. The summed E-state index contributed by atoms with van der Waals surface area (Å²) < 4.78 is 5.43. The van der Waals surface area contributed by atoms with E-state index in [4.69, 9.17) is 16.3 Å². The molecule has 1 rings (SSSR count). The van der Waals surface area contributed by atoms with Crippen molar-refractivity contribution in [3.63, 3.8) is 0 Å². The molecule has 0 N–H and O–H groups in total. The third kappa shape index (κ3) is 3.23. The van der Waals surface area contributed by atoms with Gasteiger partial charge in [-0.05, 0) is 38.5 Å². The summed E-state index contributed by atoms with van der Waals surface area (Å²) in [4.78, 5) is 4.22. The summed E-state index contributed by atoms with van der Waals surface area (Å²) in [5.41, 5.74) is 3.53. The van der Waals surface area contributed by atoms with Gasteiger partial charge in [0.05, 0.1) is 6.61 Å². The standard InChI is InChI=1S/C15H18ClNO/c1-6-13(12(5)18-7-2)10(3)14-8-9-15(16)17-11(14)4/h6,8-9H,3,5,7H2,1-2,4H3/b13-6+. The predicted molar refractivity (Wildman–Crippen MR) is 77.5 cm³/mol. The number of nitrogens with zero attached hydrogens (tertiary/aromatic N) is 1. The zero-order chi connectivity index (χ0) is 13.7. The summed E-state index contributed by atoms with van der Waals surface area (Å²) in [7, 11) is 0. The highest BCUT2D eigenvalue weighted by Crippen LogP contribution is 2.28. The minimum atomic E-state index is 0.481. The number of halogens is 1. The van der Waals surface area contributed by atoms with Gasteiger partial charge < -0.3 is 4.74 Å². The fourth-order valence-corrected chi connectivity index (χ4v) is 1.94. The van der Waals surface area contributed by atoms with Crippen LogP contribution >= 0.6 is 11.6 Å². The van der Waals surface area contributed by atoms with Crippen molar-refractivity contribution in [1.82, 2.24) is 4.98 Å². The lowest BCUT2D eigenvalue weighted by atomic mass is 9.97. The van der Waals surface area contributed by atoms with Gasteiger partial charge >= 0.3 is 0 Å². The number of rotatable bonds is 5.